The van der Waals surface area contributed by atoms with Gasteiger partial charge < -0.3 is 15.8 Å². The highest BCUT2D eigenvalue weighted by molar-refractivity contribution is 6.33. The van der Waals surface area contributed by atoms with Crippen molar-refractivity contribution in [2.45, 2.75) is 13.0 Å². The van der Waals surface area contributed by atoms with Gasteiger partial charge in [-0.3, -0.25) is 4.79 Å². The summed E-state index contributed by atoms with van der Waals surface area (Å²) in [6, 6.07) is 4.70. The molecule has 1 atom stereocenters. The Hall–Kier alpha value is -1.10. The first kappa shape index (κ1) is 13.0. The summed E-state index contributed by atoms with van der Waals surface area (Å²) in [4.78, 5) is 11.6. The van der Waals surface area contributed by atoms with Crippen LogP contribution in [0.1, 0.15) is 5.56 Å². The molecule has 16 heavy (non-hydrogen) atoms. The third-order valence-electron chi connectivity index (χ3n) is 2.06. The Morgan fingerprint density at radius 1 is 1.62 bits per heavy atom. The van der Waals surface area contributed by atoms with E-state index in [1.807, 2.05) is 13.0 Å². The van der Waals surface area contributed by atoms with Crippen molar-refractivity contribution in [3.8, 4) is 0 Å². The van der Waals surface area contributed by atoms with Crippen molar-refractivity contribution in [1.82, 2.24) is 0 Å². The molecule has 5 heteroatoms. The van der Waals surface area contributed by atoms with E-state index < -0.39 is 6.04 Å². The van der Waals surface area contributed by atoms with Crippen molar-refractivity contribution >= 4 is 23.2 Å². The molecule has 1 amide bonds. The number of rotatable bonds is 4. The summed E-state index contributed by atoms with van der Waals surface area (Å²) in [5.74, 6) is -0.311. The van der Waals surface area contributed by atoms with Crippen molar-refractivity contribution in [3.05, 3.63) is 28.8 Å². The minimum absolute atomic E-state index is 0.176. The largest absolute Gasteiger partial charge is 0.383 e. The smallest absolute Gasteiger partial charge is 0.243 e. The molecular formula is C11H15ClN2O2. The lowest BCUT2D eigenvalue weighted by Gasteiger charge is -2.12. The number of amides is 1. The maximum atomic E-state index is 11.6. The topological polar surface area (TPSA) is 64.3 Å². The number of nitrogens with one attached hydrogen (secondary N) is 1. The van der Waals surface area contributed by atoms with Crippen LogP contribution in [0.3, 0.4) is 0 Å². The fourth-order valence-corrected chi connectivity index (χ4v) is 1.38. The van der Waals surface area contributed by atoms with Crippen LogP contribution in [0.25, 0.3) is 0 Å². The molecule has 0 bridgehead atoms. The van der Waals surface area contributed by atoms with E-state index in [0.717, 1.165) is 5.56 Å². The standard InChI is InChI=1S/C11H15ClN2O2/c1-7-3-4-8(12)10(5-7)14-11(15)9(13)6-16-2/h3-5,9H,6,13H2,1-2H3,(H,14,15). The molecule has 0 aliphatic carbocycles. The van der Waals surface area contributed by atoms with E-state index in [1.165, 1.54) is 7.11 Å². The first-order valence-corrected chi connectivity index (χ1v) is 5.24. The Morgan fingerprint density at radius 2 is 2.31 bits per heavy atom. The Kier molecular flexibility index (Phi) is 4.73. The Morgan fingerprint density at radius 3 is 2.94 bits per heavy atom. The van der Waals surface area contributed by atoms with Gasteiger partial charge in [0.25, 0.3) is 0 Å². The molecule has 0 aromatic heterocycles. The van der Waals surface area contributed by atoms with Gasteiger partial charge >= 0.3 is 0 Å². The summed E-state index contributed by atoms with van der Waals surface area (Å²) in [6.07, 6.45) is 0. The van der Waals surface area contributed by atoms with Crippen LogP contribution >= 0.6 is 11.6 Å². The van der Waals surface area contributed by atoms with Gasteiger partial charge in [-0.2, -0.15) is 0 Å². The second-order valence-electron chi connectivity index (χ2n) is 3.53. The second-order valence-corrected chi connectivity index (χ2v) is 3.94. The monoisotopic (exact) mass is 242 g/mol. The summed E-state index contributed by atoms with van der Waals surface area (Å²) in [5, 5.41) is 3.15. The molecular weight excluding hydrogens is 228 g/mol. The van der Waals surface area contributed by atoms with E-state index in [9.17, 15) is 4.79 Å². The van der Waals surface area contributed by atoms with Gasteiger partial charge in [-0.15, -0.1) is 0 Å². The Bertz CT molecular complexity index is 382. The lowest BCUT2D eigenvalue weighted by Crippen LogP contribution is -2.39. The molecule has 3 N–H and O–H groups in total. The molecule has 0 radical (unpaired) electrons. The fraction of sp³-hybridized carbons (Fsp3) is 0.364. The molecule has 0 aliphatic rings. The molecule has 4 nitrogen and oxygen atoms in total. The van der Waals surface area contributed by atoms with Gasteiger partial charge in [0.2, 0.25) is 5.91 Å². The van der Waals surface area contributed by atoms with Gasteiger partial charge in [0.1, 0.15) is 6.04 Å². The summed E-state index contributed by atoms with van der Waals surface area (Å²) in [5.41, 5.74) is 7.17. The quantitative estimate of drug-likeness (QED) is 0.842. The summed E-state index contributed by atoms with van der Waals surface area (Å²) < 4.78 is 4.80. The molecule has 1 rings (SSSR count). The van der Waals surface area contributed by atoms with Crippen LogP contribution < -0.4 is 11.1 Å². The number of methoxy groups -OCH3 is 1. The average molecular weight is 243 g/mol. The number of hydrogen-bond donors (Lipinski definition) is 2. The molecule has 0 fully saturated rings. The highest BCUT2D eigenvalue weighted by Crippen LogP contribution is 2.22. The van der Waals surface area contributed by atoms with E-state index >= 15 is 0 Å². The first-order chi connectivity index (χ1) is 7.54. The maximum Gasteiger partial charge on any atom is 0.243 e. The minimum Gasteiger partial charge on any atom is -0.383 e. The van der Waals surface area contributed by atoms with Crippen molar-refractivity contribution in [2.24, 2.45) is 5.73 Å². The fourth-order valence-electron chi connectivity index (χ4n) is 1.22. The highest BCUT2D eigenvalue weighted by Gasteiger charge is 2.14. The molecule has 0 aliphatic heterocycles. The van der Waals surface area contributed by atoms with E-state index in [1.54, 1.807) is 12.1 Å². The maximum absolute atomic E-state index is 11.6. The van der Waals surface area contributed by atoms with Crippen molar-refractivity contribution in [3.63, 3.8) is 0 Å². The number of carbonyl (C=O) groups excluding carboxylic acids is 1. The van der Waals surface area contributed by atoms with Gasteiger partial charge in [0, 0.05) is 7.11 Å². The van der Waals surface area contributed by atoms with Crippen LogP contribution in [0.15, 0.2) is 18.2 Å². The minimum atomic E-state index is -0.693. The number of anilines is 1. The molecule has 0 heterocycles. The zero-order chi connectivity index (χ0) is 12.1. The third kappa shape index (κ3) is 3.48. The second kappa shape index (κ2) is 5.84. The SMILES string of the molecule is COCC(N)C(=O)Nc1cc(C)ccc1Cl. The zero-order valence-electron chi connectivity index (χ0n) is 9.29. The van der Waals surface area contributed by atoms with Crippen LogP contribution in [-0.2, 0) is 9.53 Å². The molecule has 0 saturated carbocycles. The lowest BCUT2D eigenvalue weighted by atomic mass is 10.2. The molecule has 0 saturated heterocycles. The van der Waals surface area contributed by atoms with Crippen molar-refractivity contribution in [1.29, 1.82) is 0 Å². The van der Waals surface area contributed by atoms with Crippen LogP contribution in [-0.4, -0.2) is 25.7 Å². The van der Waals surface area contributed by atoms with Crippen LogP contribution in [0.4, 0.5) is 5.69 Å². The summed E-state index contributed by atoms with van der Waals surface area (Å²) in [7, 11) is 1.49. The van der Waals surface area contributed by atoms with Gasteiger partial charge in [-0.05, 0) is 24.6 Å². The van der Waals surface area contributed by atoms with E-state index in [-0.39, 0.29) is 12.5 Å². The van der Waals surface area contributed by atoms with Gasteiger partial charge in [0.15, 0.2) is 0 Å². The number of hydrogen-bond acceptors (Lipinski definition) is 3. The average Bonchev–Trinajstić information content (AvgIpc) is 2.23. The van der Waals surface area contributed by atoms with Crippen LogP contribution in [0, 0.1) is 6.92 Å². The van der Waals surface area contributed by atoms with E-state index in [2.05, 4.69) is 5.32 Å². The van der Waals surface area contributed by atoms with Gasteiger partial charge in [-0.25, -0.2) is 0 Å². The number of benzene rings is 1. The number of halogens is 1. The third-order valence-corrected chi connectivity index (χ3v) is 2.39. The van der Waals surface area contributed by atoms with E-state index in [4.69, 9.17) is 22.1 Å². The Balaban J connectivity index is 2.72. The number of carbonyl (C=O) groups is 1. The summed E-state index contributed by atoms with van der Waals surface area (Å²) in [6.45, 7) is 2.09. The number of ether oxygens (including phenoxy) is 1. The first-order valence-electron chi connectivity index (χ1n) is 4.86. The molecule has 1 unspecified atom stereocenters. The Labute approximate surface area is 99.7 Å². The number of aryl methyl sites for hydroxylation is 1. The highest BCUT2D eigenvalue weighted by atomic mass is 35.5. The molecule has 1 aromatic carbocycles. The zero-order valence-corrected chi connectivity index (χ0v) is 10.0. The van der Waals surface area contributed by atoms with Gasteiger partial charge in [0.05, 0.1) is 17.3 Å². The molecule has 88 valence electrons. The van der Waals surface area contributed by atoms with Gasteiger partial charge in [-0.1, -0.05) is 17.7 Å². The van der Waals surface area contributed by atoms with Crippen LogP contribution in [0.2, 0.25) is 5.02 Å². The molecule has 0 spiro atoms. The van der Waals surface area contributed by atoms with Crippen molar-refractivity contribution < 1.29 is 9.53 Å². The predicted molar refractivity (Wildman–Crippen MR) is 64.7 cm³/mol. The lowest BCUT2D eigenvalue weighted by molar-refractivity contribution is -0.118. The van der Waals surface area contributed by atoms with Crippen molar-refractivity contribution in [2.75, 3.05) is 19.0 Å². The summed E-state index contributed by atoms with van der Waals surface area (Å²) >= 11 is 5.94. The predicted octanol–water partition coefficient (Wildman–Crippen LogP) is 1.56. The number of nitrogens with two attached hydrogens (primary N) is 1. The normalized spacial score (nSPS) is 12.2. The van der Waals surface area contributed by atoms with E-state index in [0.29, 0.717) is 10.7 Å². The van der Waals surface area contributed by atoms with Crippen LogP contribution in [0.5, 0.6) is 0 Å². The molecule has 1 aromatic rings.